The maximum Gasteiger partial charge on any atom is 0.243 e. The first-order valence-electron chi connectivity index (χ1n) is 15.3. The Labute approximate surface area is 263 Å². The molecular formula is C31H46N6O8. The van der Waals surface area contributed by atoms with Crippen LogP contribution in [-0.2, 0) is 44.7 Å². The van der Waals surface area contributed by atoms with Crippen LogP contribution in [0.3, 0.4) is 0 Å². The lowest BCUT2D eigenvalue weighted by Crippen LogP contribution is -2.52. The van der Waals surface area contributed by atoms with E-state index >= 15 is 0 Å². The first-order chi connectivity index (χ1) is 21.5. The summed E-state index contributed by atoms with van der Waals surface area (Å²) in [6, 6.07) is 7.98. The van der Waals surface area contributed by atoms with E-state index in [1.54, 1.807) is 24.3 Å². The van der Waals surface area contributed by atoms with E-state index in [0.717, 1.165) is 12.0 Å². The van der Waals surface area contributed by atoms with Crippen molar-refractivity contribution in [2.75, 3.05) is 40.0 Å². The third kappa shape index (κ3) is 13.5. The van der Waals surface area contributed by atoms with E-state index in [-0.39, 0.29) is 68.6 Å². The van der Waals surface area contributed by atoms with Gasteiger partial charge in [0.1, 0.15) is 12.8 Å². The lowest BCUT2D eigenvalue weighted by Gasteiger charge is -2.19. The number of benzene rings is 1. The SMILES string of the molecule is CCC(C)C1CC(=O)N(CCCCCC(=O)NCC(=O)NCC(=O)N[C@@H](Cc2ccccc2)C(=O)NCC(=O)NCOC)C1=O. The molecule has 1 fully saturated rings. The second kappa shape index (κ2) is 19.8. The largest absolute Gasteiger partial charge is 0.364 e. The summed E-state index contributed by atoms with van der Waals surface area (Å²) in [5.41, 5.74) is 0.779. The van der Waals surface area contributed by atoms with Crippen molar-refractivity contribution >= 4 is 41.4 Å². The zero-order chi connectivity index (χ0) is 33.2. The van der Waals surface area contributed by atoms with Crippen LogP contribution < -0.4 is 26.6 Å². The third-order valence-corrected chi connectivity index (χ3v) is 7.56. The Morgan fingerprint density at radius 2 is 1.51 bits per heavy atom. The number of ether oxygens (including phenoxy) is 1. The molecule has 3 atom stereocenters. The Balaban J connectivity index is 1.68. The van der Waals surface area contributed by atoms with Crippen molar-refractivity contribution in [1.82, 2.24) is 31.5 Å². The lowest BCUT2D eigenvalue weighted by atomic mass is 9.90. The first kappa shape index (κ1) is 36.9. The van der Waals surface area contributed by atoms with Gasteiger partial charge in [0.15, 0.2) is 0 Å². The van der Waals surface area contributed by atoms with Gasteiger partial charge < -0.3 is 31.3 Å². The highest BCUT2D eigenvalue weighted by Crippen LogP contribution is 2.28. The number of likely N-dealkylation sites (tertiary alicyclic amines) is 1. The standard InChI is InChI=1S/C31H46N6O8/c1-4-21(2)23-16-29(42)37(31(23)44)14-10-6-9-13-25(38)32-17-26(39)33-19-28(41)36-24(15-22-11-7-5-8-12-22)30(43)34-18-27(40)35-20-45-3/h5,7-8,11-12,21,23-24H,4,6,9-10,13-20H2,1-3H3,(H,32,38)(H,33,39)(H,34,43)(H,35,40)(H,36,41)/t21?,23?,24-/m0/s1. The molecule has 1 aromatic carbocycles. The molecule has 14 nitrogen and oxygen atoms in total. The minimum atomic E-state index is -1.00. The normalized spacial score (nSPS) is 15.6. The van der Waals surface area contributed by atoms with Gasteiger partial charge in [-0.05, 0) is 24.3 Å². The Morgan fingerprint density at radius 3 is 2.20 bits per heavy atom. The van der Waals surface area contributed by atoms with Gasteiger partial charge in [0.05, 0.1) is 19.6 Å². The van der Waals surface area contributed by atoms with Gasteiger partial charge in [0.2, 0.25) is 41.4 Å². The number of carbonyl (C=O) groups excluding carboxylic acids is 7. The Morgan fingerprint density at radius 1 is 0.867 bits per heavy atom. The molecule has 14 heteroatoms. The molecule has 5 N–H and O–H groups in total. The molecule has 1 aliphatic heterocycles. The van der Waals surface area contributed by atoms with Crippen molar-refractivity contribution in [3.8, 4) is 0 Å². The summed E-state index contributed by atoms with van der Waals surface area (Å²) in [5.74, 6) is -2.91. The van der Waals surface area contributed by atoms with Crippen LogP contribution in [0.1, 0.15) is 57.9 Å². The van der Waals surface area contributed by atoms with Crippen LogP contribution in [0.4, 0.5) is 0 Å². The third-order valence-electron chi connectivity index (χ3n) is 7.56. The number of methoxy groups -OCH3 is 1. The molecular weight excluding hydrogens is 584 g/mol. The summed E-state index contributed by atoms with van der Waals surface area (Å²) in [6.07, 6.45) is 3.19. The van der Waals surface area contributed by atoms with Gasteiger partial charge in [-0.15, -0.1) is 0 Å². The summed E-state index contributed by atoms with van der Waals surface area (Å²) in [6.45, 7) is 3.25. The highest BCUT2D eigenvalue weighted by molar-refractivity contribution is 6.03. The van der Waals surface area contributed by atoms with Crippen molar-refractivity contribution < 1.29 is 38.3 Å². The minimum absolute atomic E-state index is 0.0106. The zero-order valence-electron chi connectivity index (χ0n) is 26.3. The van der Waals surface area contributed by atoms with Gasteiger partial charge in [-0.3, -0.25) is 38.5 Å². The topological polar surface area (TPSA) is 192 Å². The minimum Gasteiger partial charge on any atom is -0.364 e. The molecule has 2 rings (SSSR count). The quantitative estimate of drug-likeness (QED) is 0.0741. The van der Waals surface area contributed by atoms with E-state index in [2.05, 4.69) is 26.6 Å². The molecule has 1 heterocycles. The van der Waals surface area contributed by atoms with E-state index in [9.17, 15) is 33.6 Å². The number of carbonyl (C=O) groups is 7. The van der Waals surface area contributed by atoms with E-state index in [4.69, 9.17) is 4.74 Å². The van der Waals surface area contributed by atoms with Crippen molar-refractivity contribution in [1.29, 1.82) is 0 Å². The Kier molecular flexibility index (Phi) is 16.3. The predicted octanol–water partition coefficient (Wildman–Crippen LogP) is -0.236. The van der Waals surface area contributed by atoms with Crippen LogP contribution in [0.15, 0.2) is 30.3 Å². The highest BCUT2D eigenvalue weighted by Gasteiger charge is 2.40. The number of unbranched alkanes of at least 4 members (excludes halogenated alkanes) is 2. The monoisotopic (exact) mass is 630 g/mol. The summed E-state index contributed by atoms with van der Waals surface area (Å²) < 4.78 is 4.75. The summed E-state index contributed by atoms with van der Waals surface area (Å²) in [5, 5.41) is 12.4. The van der Waals surface area contributed by atoms with Gasteiger partial charge in [-0.2, -0.15) is 0 Å². The molecule has 248 valence electrons. The van der Waals surface area contributed by atoms with Gasteiger partial charge in [0.25, 0.3) is 0 Å². The van der Waals surface area contributed by atoms with Crippen LogP contribution in [0.2, 0.25) is 0 Å². The van der Waals surface area contributed by atoms with Crippen LogP contribution in [0.25, 0.3) is 0 Å². The molecule has 2 unspecified atom stereocenters. The lowest BCUT2D eigenvalue weighted by molar-refractivity contribution is -0.140. The van der Waals surface area contributed by atoms with E-state index in [1.807, 2.05) is 19.9 Å². The van der Waals surface area contributed by atoms with Gasteiger partial charge >= 0.3 is 0 Å². The number of imide groups is 1. The van der Waals surface area contributed by atoms with Crippen molar-refractivity contribution in [2.24, 2.45) is 11.8 Å². The molecule has 0 aliphatic carbocycles. The maximum atomic E-state index is 12.7. The second-order valence-electron chi connectivity index (χ2n) is 11.0. The van der Waals surface area contributed by atoms with Crippen molar-refractivity contribution in [3.63, 3.8) is 0 Å². The van der Waals surface area contributed by atoms with Crippen LogP contribution in [0, 0.1) is 11.8 Å². The first-order valence-corrected chi connectivity index (χ1v) is 15.3. The van der Waals surface area contributed by atoms with Crippen molar-refractivity contribution in [2.45, 2.75) is 64.8 Å². The zero-order valence-corrected chi connectivity index (χ0v) is 26.3. The molecule has 1 aromatic rings. The van der Waals surface area contributed by atoms with Crippen LogP contribution in [-0.4, -0.2) is 92.3 Å². The molecule has 0 saturated carbocycles. The molecule has 1 saturated heterocycles. The smallest absolute Gasteiger partial charge is 0.243 e. The Hall–Kier alpha value is -4.33. The predicted molar refractivity (Wildman–Crippen MR) is 164 cm³/mol. The average Bonchev–Trinajstić information content (AvgIpc) is 3.32. The number of nitrogens with one attached hydrogen (secondary N) is 5. The molecule has 45 heavy (non-hydrogen) atoms. The fraction of sp³-hybridized carbons (Fsp3) is 0.581. The number of rotatable bonds is 20. The number of hydrogen-bond acceptors (Lipinski definition) is 8. The molecule has 0 aromatic heterocycles. The summed E-state index contributed by atoms with van der Waals surface area (Å²) >= 11 is 0. The number of amides is 7. The van der Waals surface area contributed by atoms with E-state index in [1.165, 1.54) is 12.0 Å². The summed E-state index contributed by atoms with van der Waals surface area (Å²) in [7, 11) is 1.41. The van der Waals surface area contributed by atoms with Gasteiger partial charge in [0, 0.05) is 38.8 Å². The Bertz CT molecular complexity index is 1180. The average molecular weight is 631 g/mol. The second-order valence-corrected chi connectivity index (χ2v) is 11.0. The molecule has 7 amide bonds. The number of hydrogen-bond donors (Lipinski definition) is 5. The van der Waals surface area contributed by atoms with E-state index in [0.29, 0.717) is 25.8 Å². The van der Waals surface area contributed by atoms with Gasteiger partial charge in [-0.1, -0.05) is 57.0 Å². The van der Waals surface area contributed by atoms with E-state index < -0.39 is 36.2 Å². The molecule has 0 spiro atoms. The maximum absolute atomic E-state index is 12.7. The molecule has 0 bridgehead atoms. The van der Waals surface area contributed by atoms with Crippen molar-refractivity contribution in [3.05, 3.63) is 35.9 Å². The highest BCUT2D eigenvalue weighted by atomic mass is 16.5. The number of nitrogens with zero attached hydrogens (tertiary/aromatic N) is 1. The fourth-order valence-corrected chi connectivity index (χ4v) is 4.72. The molecule has 1 aliphatic rings. The summed E-state index contributed by atoms with van der Waals surface area (Å²) in [4.78, 5) is 87.5. The molecule has 0 radical (unpaired) electrons. The van der Waals surface area contributed by atoms with Gasteiger partial charge in [-0.25, -0.2) is 0 Å². The fourth-order valence-electron chi connectivity index (χ4n) is 4.72. The van der Waals surface area contributed by atoms with Crippen LogP contribution >= 0.6 is 0 Å². The van der Waals surface area contributed by atoms with Crippen LogP contribution in [0.5, 0.6) is 0 Å².